The predicted octanol–water partition coefficient (Wildman–Crippen LogP) is 1.14. The highest BCUT2D eigenvalue weighted by Gasteiger charge is 2.25. The van der Waals surface area contributed by atoms with Crippen molar-refractivity contribution in [1.29, 1.82) is 0 Å². The molecule has 1 aromatic carbocycles. The molecule has 5 nitrogen and oxygen atoms in total. The summed E-state index contributed by atoms with van der Waals surface area (Å²) in [6.45, 7) is 2.15. The fraction of sp³-hybridized carbons (Fsp3) is 0.500. The standard InChI is InChI=1S/C14H22N2O3/c1-9-6-13(19-5)10(7-12(9)18-4)11(8-15)14(17)16(2)3/h6-7,11H,8,15H2,1-5H3. The molecule has 0 bridgehead atoms. The average molecular weight is 266 g/mol. The van der Waals surface area contributed by atoms with E-state index in [0.29, 0.717) is 5.75 Å². The fourth-order valence-electron chi connectivity index (χ4n) is 2.02. The largest absolute Gasteiger partial charge is 0.496 e. The molecule has 1 aromatic rings. The van der Waals surface area contributed by atoms with Gasteiger partial charge in [0.15, 0.2) is 0 Å². The van der Waals surface area contributed by atoms with Crippen molar-refractivity contribution in [3.05, 3.63) is 23.3 Å². The summed E-state index contributed by atoms with van der Waals surface area (Å²) >= 11 is 0. The van der Waals surface area contributed by atoms with Crippen LogP contribution in [0.4, 0.5) is 0 Å². The van der Waals surface area contributed by atoms with Crippen molar-refractivity contribution in [2.45, 2.75) is 12.8 Å². The zero-order chi connectivity index (χ0) is 14.6. The van der Waals surface area contributed by atoms with Gasteiger partial charge >= 0.3 is 0 Å². The molecule has 0 aliphatic heterocycles. The summed E-state index contributed by atoms with van der Waals surface area (Å²) in [5.41, 5.74) is 7.46. The predicted molar refractivity (Wildman–Crippen MR) is 74.8 cm³/mol. The molecule has 1 unspecified atom stereocenters. The molecule has 1 atom stereocenters. The molecular formula is C14H22N2O3. The van der Waals surface area contributed by atoms with Gasteiger partial charge in [-0.3, -0.25) is 4.79 Å². The lowest BCUT2D eigenvalue weighted by Gasteiger charge is -2.22. The fourth-order valence-corrected chi connectivity index (χ4v) is 2.02. The molecule has 0 fully saturated rings. The van der Waals surface area contributed by atoms with Crippen molar-refractivity contribution in [2.24, 2.45) is 5.73 Å². The molecule has 0 aliphatic carbocycles. The van der Waals surface area contributed by atoms with E-state index in [1.807, 2.05) is 19.1 Å². The molecule has 0 aliphatic rings. The van der Waals surface area contributed by atoms with Crippen LogP contribution in [0.5, 0.6) is 11.5 Å². The van der Waals surface area contributed by atoms with Gasteiger partial charge in [-0.15, -0.1) is 0 Å². The quantitative estimate of drug-likeness (QED) is 0.868. The maximum atomic E-state index is 12.2. The molecule has 0 radical (unpaired) electrons. The zero-order valence-corrected chi connectivity index (χ0v) is 12.2. The monoisotopic (exact) mass is 266 g/mol. The molecule has 2 N–H and O–H groups in total. The van der Waals surface area contributed by atoms with Crippen molar-refractivity contribution in [1.82, 2.24) is 4.90 Å². The van der Waals surface area contributed by atoms with Crippen LogP contribution in [0.1, 0.15) is 17.0 Å². The maximum absolute atomic E-state index is 12.2. The van der Waals surface area contributed by atoms with Crippen LogP contribution >= 0.6 is 0 Å². The van der Waals surface area contributed by atoms with E-state index in [2.05, 4.69) is 0 Å². The second-order valence-corrected chi connectivity index (χ2v) is 4.58. The first-order valence-corrected chi connectivity index (χ1v) is 6.10. The lowest BCUT2D eigenvalue weighted by atomic mass is 9.95. The molecule has 106 valence electrons. The lowest BCUT2D eigenvalue weighted by Crippen LogP contribution is -2.32. The van der Waals surface area contributed by atoms with Crippen molar-refractivity contribution in [3.8, 4) is 11.5 Å². The van der Waals surface area contributed by atoms with Crippen LogP contribution in [-0.4, -0.2) is 45.7 Å². The normalized spacial score (nSPS) is 11.9. The zero-order valence-electron chi connectivity index (χ0n) is 12.2. The molecule has 0 saturated carbocycles. The Labute approximate surface area is 114 Å². The number of carbonyl (C=O) groups excluding carboxylic acids is 1. The van der Waals surface area contributed by atoms with E-state index in [-0.39, 0.29) is 12.5 Å². The van der Waals surface area contributed by atoms with Gasteiger partial charge in [-0.2, -0.15) is 0 Å². The van der Waals surface area contributed by atoms with Gasteiger partial charge in [-0.1, -0.05) is 0 Å². The Morgan fingerprint density at radius 2 is 1.84 bits per heavy atom. The summed E-state index contributed by atoms with van der Waals surface area (Å²) in [6, 6.07) is 3.69. The van der Waals surface area contributed by atoms with Crippen LogP contribution in [-0.2, 0) is 4.79 Å². The number of ether oxygens (including phenoxy) is 2. The molecule has 0 aromatic heterocycles. The minimum absolute atomic E-state index is 0.0493. The van der Waals surface area contributed by atoms with E-state index in [9.17, 15) is 4.79 Å². The number of aryl methyl sites for hydroxylation is 1. The number of amides is 1. The second kappa shape index (κ2) is 6.43. The summed E-state index contributed by atoms with van der Waals surface area (Å²) in [4.78, 5) is 13.7. The number of likely N-dealkylation sites (N-methyl/N-ethyl adjacent to an activating group) is 1. The van der Waals surface area contributed by atoms with Gasteiger partial charge in [0.25, 0.3) is 0 Å². The third-order valence-electron chi connectivity index (χ3n) is 3.10. The van der Waals surface area contributed by atoms with Crippen LogP contribution in [0.15, 0.2) is 12.1 Å². The van der Waals surface area contributed by atoms with E-state index in [1.54, 1.807) is 28.3 Å². The summed E-state index contributed by atoms with van der Waals surface area (Å²) < 4.78 is 10.7. The van der Waals surface area contributed by atoms with Crippen LogP contribution < -0.4 is 15.2 Å². The topological polar surface area (TPSA) is 64.8 Å². The highest BCUT2D eigenvalue weighted by molar-refractivity contribution is 5.84. The molecule has 0 spiro atoms. The highest BCUT2D eigenvalue weighted by atomic mass is 16.5. The summed E-state index contributed by atoms with van der Waals surface area (Å²) in [6.07, 6.45) is 0. The first-order chi connectivity index (χ1) is 8.96. The number of methoxy groups -OCH3 is 2. The van der Waals surface area contributed by atoms with Gasteiger partial charge < -0.3 is 20.1 Å². The average Bonchev–Trinajstić information content (AvgIpc) is 2.40. The Hall–Kier alpha value is -1.75. The van der Waals surface area contributed by atoms with Gasteiger partial charge in [0.05, 0.1) is 20.1 Å². The number of hydrogen-bond acceptors (Lipinski definition) is 4. The van der Waals surface area contributed by atoms with Gasteiger partial charge in [-0.25, -0.2) is 0 Å². The Kier molecular flexibility index (Phi) is 5.18. The summed E-state index contributed by atoms with van der Waals surface area (Å²) in [5.74, 6) is 0.899. The third-order valence-corrected chi connectivity index (χ3v) is 3.10. The van der Waals surface area contributed by atoms with E-state index in [1.165, 1.54) is 4.90 Å². The van der Waals surface area contributed by atoms with E-state index in [4.69, 9.17) is 15.2 Å². The maximum Gasteiger partial charge on any atom is 0.231 e. The minimum Gasteiger partial charge on any atom is -0.496 e. The Morgan fingerprint density at radius 1 is 1.26 bits per heavy atom. The Balaban J connectivity index is 3.33. The van der Waals surface area contributed by atoms with E-state index >= 15 is 0 Å². The van der Waals surface area contributed by atoms with Crippen LogP contribution in [0.2, 0.25) is 0 Å². The Morgan fingerprint density at radius 3 is 2.26 bits per heavy atom. The first kappa shape index (κ1) is 15.3. The minimum atomic E-state index is -0.431. The molecule has 1 rings (SSSR count). The molecular weight excluding hydrogens is 244 g/mol. The molecule has 0 heterocycles. The van der Waals surface area contributed by atoms with Gasteiger partial charge in [0, 0.05) is 26.2 Å². The number of hydrogen-bond donors (Lipinski definition) is 1. The van der Waals surface area contributed by atoms with Crippen LogP contribution in [0.25, 0.3) is 0 Å². The van der Waals surface area contributed by atoms with Gasteiger partial charge in [0.1, 0.15) is 11.5 Å². The number of nitrogens with two attached hydrogens (primary N) is 1. The van der Waals surface area contributed by atoms with Crippen molar-refractivity contribution < 1.29 is 14.3 Å². The van der Waals surface area contributed by atoms with E-state index < -0.39 is 5.92 Å². The first-order valence-electron chi connectivity index (χ1n) is 6.10. The molecule has 0 saturated heterocycles. The number of benzene rings is 1. The molecule has 1 amide bonds. The van der Waals surface area contributed by atoms with Gasteiger partial charge in [0.2, 0.25) is 5.91 Å². The Bertz CT molecular complexity index is 458. The number of nitrogens with zero attached hydrogens (tertiary/aromatic N) is 1. The lowest BCUT2D eigenvalue weighted by molar-refractivity contribution is -0.130. The van der Waals surface area contributed by atoms with Gasteiger partial charge in [-0.05, 0) is 24.6 Å². The highest BCUT2D eigenvalue weighted by Crippen LogP contribution is 2.33. The molecule has 19 heavy (non-hydrogen) atoms. The molecule has 5 heteroatoms. The SMILES string of the molecule is COc1cc(C(CN)C(=O)N(C)C)c(OC)cc1C. The van der Waals surface area contributed by atoms with E-state index in [0.717, 1.165) is 16.9 Å². The second-order valence-electron chi connectivity index (χ2n) is 4.58. The smallest absolute Gasteiger partial charge is 0.231 e. The van der Waals surface area contributed by atoms with Crippen molar-refractivity contribution >= 4 is 5.91 Å². The summed E-state index contributed by atoms with van der Waals surface area (Å²) in [5, 5.41) is 0. The summed E-state index contributed by atoms with van der Waals surface area (Å²) in [7, 11) is 6.61. The number of carbonyl (C=O) groups is 1. The van der Waals surface area contributed by atoms with Crippen LogP contribution in [0, 0.1) is 6.92 Å². The number of rotatable bonds is 5. The van der Waals surface area contributed by atoms with Crippen molar-refractivity contribution in [2.75, 3.05) is 34.9 Å². The third kappa shape index (κ3) is 3.17. The van der Waals surface area contributed by atoms with Crippen molar-refractivity contribution in [3.63, 3.8) is 0 Å². The van der Waals surface area contributed by atoms with Crippen LogP contribution in [0.3, 0.4) is 0 Å².